The lowest BCUT2D eigenvalue weighted by Gasteiger charge is -2.42. The maximum absolute atomic E-state index is 12.5. The van der Waals surface area contributed by atoms with Crippen molar-refractivity contribution in [2.24, 2.45) is 5.41 Å². The molecule has 0 aromatic carbocycles. The topological polar surface area (TPSA) is 110 Å². The number of hydrogen-bond donors (Lipinski definition) is 1. The fourth-order valence-corrected chi connectivity index (χ4v) is 2.94. The van der Waals surface area contributed by atoms with Gasteiger partial charge < -0.3 is 14.7 Å². The van der Waals surface area contributed by atoms with Gasteiger partial charge in [0.15, 0.2) is 0 Å². The van der Waals surface area contributed by atoms with Crippen LogP contribution in [-0.4, -0.2) is 60.8 Å². The van der Waals surface area contributed by atoms with Gasteiger partial charge in [0.1, 0.15) is 11.0 Å². The third-order valence-electron chi connectivity index (χ3n) is 3.56. The quantitative estimate of drug-likeness (QED) is 0.578. The highest BCUT2D eigenvalue weighted by Gasteiger charge is 2.55. The number of hydrogen-bond acceptors (Lipinski definition) is 6. The lowest BCUT2D eigenvalue weighted by molar-refractivity contribution is -0.159. The summed E-state index contributed by atoms with van der Waals surface area (Å²) < 4.78 is 69.1. The summed E-state index contributed by atoms with van der Waals surface area (Å²) in [6, 6.07) is 0. The second-order valence-electron chi connectivity index (χ2n) is 6.90. The van der Waals surface area contributed by atoms with Gasteiger partial charge in [0.05, 0.1) is 6.10 Å². The van der Waals surface area contributed by atoms with Crippen molar-refractivity contribution in [2.75, 3.05) is 13.1 Å². The zero-order valence-electron chi connectivity index (χ0n) is 14.1. The van der Waals surface area contributed by atoms with Gasteiger partial charge >= 0.3 is 27.7 Å². The Morgan fingerprint density at radius 3 is 2.16 bits per heavy atom. The Morgan fingerprint density at radius 2 is 1.76 bits per heavy atom. The van der Waals surface area contributed by atoms with E-state index in [9.17, 15) is 36.3 Å². The van der Waals surface area contributed by atoms with Crippen LogP contribution in [0.25, 0.3) is 0 Å². The fourth-order valence-electron chi connectivity index (χ4n) is 2.22. The van der Waals surface area contributed by atoms with Crippen molar-refractivity contribution in [3.8, 4) is 0 Å². The molecule has 0 aliphatic carbocycles. The molecule has 1 fully saturated rings. The van der Waals surface area contributed by atoms with Crippen LogP contribution in [0.4, 0.5) is 18.0 Å². The van der Waals surface area contributed by atoms with Crippen molar-refractivity contribution < 1.29 is 45.2 Å². The number of aliphatic carboxylic acids is 1. The van der Waals surface area contributed by atoms with Crippen molar-refractivity contribution in [1.29, 1.82) is 0 Å². The summed E-state index contributed by atoms with van der Waals surface area (Å²) in [7, 11) is -5.97. The number of rotatable bonds is 3. The molecule has 2 atom stereocenters. The monoisotopic (exact) mass is 391 g/mol. The van der Waals surface area contributed by atoms with Crippen LogP contribution in [0.15, 0.2) is 0 Å². The molecule has 2 unspecified atom stereocenters. The Labute approximate surface area is 143 Å². The van der Waals surface area contributed by atoms with Crippen molar-refractivity contribution in [3.05, 3.63) is 0 Å². The molecule has 0 aromatic rings. The number of halogens is 3. The maximum atomic E-state index is 12.5. The van der Waals surface area contributed by atoms with E-state index in [0.29, 0.717) is 0 Å². The number of carbonyl (C=O) groups excluding carboxylic acids is 1. The van der Waals surface area contributed by atoms with Crippen LogP contribution in [0.2, 0.25) is 0 Å². The third-order valence-corrected chi connectivity index (χ3v) is 4.61. The molecule has 1 amide bonds. The Morgan fingerprint density at radius 1 is 1.24 bits per heavy atom. The molecular formula is C13H20F3NO7S. The second kappa shape index (κ2) is 6.63. The Hall–Kier alpha value is -1.56. The number of alkyl halides is 3. The highest BCUT2D eigenvalue weighted by molar-refractivity contribution is 7.87. The largest absolute Gasteiger partial charge is 0.523 e. The molecule has 25 heavy (non-hydrogen) atoms. The first-order valence-corrected chi connectivity index (χ1v) is 8.61. The van der Waals surface area contributed by atoms with Gasteiger partial charge in [0.25, 0.3) is 0 Å². The molecule has 1 aliphatic rings. The van der Waals surface area contributed by atoms with E-state index in [4.69, 9.17) is 4.74 Å². The number of nitrogens with zero attached hydrogens (tertiary/aromatic N) is 1. The molecule has 146 valence electrons. The van der Waals surface area contributed by atoms with Crippen molar-refractivity contribution in [2.45, 2.75) is 51.3 Å². The maximum Gasteiger partial charge on any atom is 0.523 e. The highest BCUT2D eigenvalue weighted by Crippen LogP contribution is 2.37. The Kier molecular flexibility index (Phi) is 5.70. The number of carboxylic acids is 1. The minimum atomic E-state index is -5.97. The summed E-state index contributed by atoms with van der Waals surface area (Å²) in [4.78, 5) is 24.6. The summed E-state index contributed by atoms with van der Waals surface area (Å²) in [5.74, 6) is -1.59. The number of carbonyl (C=O) groups is 2. The van der Waals surface area contributed by atoms with Crippen LogP contribution >= 0.6 is 0 Å². The van der Waals surface area contributed by atoms with Crippen LogP contribution < -0.4 is 0 Å². The van der Waals surface area contributed by atoms with Crippen LogP contribution in [-0.2, 0) is 23.8 Å². The molecule has 0 aromatic heterocycles. The highest BCUT2D eigenvalue weighted by atomic mass is 32.2. The van der Waals surface area contributed by atoms with Gasteiger partial charge in [-0.05, 0) is 34.1 Å². The van der Waals surface area contributed by atoms with Gasteiger partial charge in [-0.1, -0.05) is 0 Å². The van der Waals surface area contributed by atoms with Gasteiger partial charge in [-0.15, -0.1) is 0 Å². The summed E-state index contributed by atoms with van der Waals surface area (Å²) in [6.07, 6.45) is -3.05. The molecule has 0 saturated carbocycles. The minimum absolute atomic E-state index is 0.212. The first-order chi connectivity index (χ1) is 11.0. The zero-order valence-corrected chi connectivity index (χ0v) is 14.9. The predicted octanol–water partition coefficient (Wildman–Crippen LogP) is 1.95. The zero-order chi connectivity index (χ0) is 19.8. The summed E-state index contributed by atoms with van der Waals surface area (Å²) in [5.41, 5.74) is -8.59. The first-order valence-electron chi connectivity index (χ1n) is 7.20. The molecule has 12 heteroatoms. The van der Waals surface area contributed by atoms with Crippen molar-refractivity contribution in [1.82, 2.24) is 4.90 Å². The first kappa shape index (κ1) is 21.5. The van der Waals surface area contributed by atoms with Crippen LogP contribution in [0.1, 0.15) is 34.1 Å². The molecular weight excluding hydrogens is 371 g/mol. The van der Waals surface area contributed by atoms with Crippen molar-refractivity contribution in [3.63, 3.8) is 0 Å². The molecule has 1 heterocycles. The standard InChI is InChI=1S/C13H20F3NO7S/c1-11(2,3)23-10(20)17-6-5-8(12(4,7-17)9(18)19)24-25(21,22)13(14,15)16/h8H,5-7H2,1-4H3,(H,18,19). The van der Waals surface area contributed by atoms with Gasteiger partial charge in [-0.25, -0.2) is 4.79 Å². The Bertz CT molecular complexity index is 641. The third kappa shape index (κ3) is 4.97. The molecule has 0 bridgehead atoms. The van der Waals surface area contributed by atoms with E-state index in [2.05, 4.69) is 4.18 Å². The van der Waals surface area contributed by atoms with E-state index < -0.39 is 57.8 Å². The number of piperidine rings is 1. The summed E-state index contributed by atoms with van der Waals surface area (Å²) >= 11 is 0. The van der Waals surface area contributed by atoms with E-state index in [1.807, 2.05) is 0 Å². The fraction of sp³-hybridized carbons (Fsp3) is 0.846. The molecule has 1 saturated heterocycles. The molecule has 0 spiro atoms. The Balaban J connectivity index is 3.04. The lowest BCUT2D eigenvalue weighted by Crippen LogP contribution is -2.58. The normalized spacial score (nSPS) is 25.6. The molecule has 0 radical (unpaired) electrons. The summed E-state index contributed by atoms with van der Waals surface area (Å²) in [6.45, 7) is 5.01. The average molecular weight is 391 g/mol. The van der Waals surface area contributed by atoms with E-state index in [1.165, 1.54) is 0 Å². The van der Waals surface area contributed by atoms with E-state index in [0.717, 1.165) is 11.8 Å². The summed E-state index contributed by atoms with van der Waals surface area (Å²) in [5, 5.41) is 9.36. The lowest BCUT2D eigenvalue weighted by atomic mass is 9.79. The van der Waals surface area contributed by atoms with Gasteiger partial charge in [-0.2, -0.15) is 21.6 Å². The molecule has 8 nitrogen and oxygen atoms in total. The number of ether oxygens (including phenoxy) is 1. The van der Waals surface area contributed by atoms with Gasteiger partial charge in [-0.3, -0.25) is 8.98 Å². The van der Waals surface area contributed by atoms with Gasteiger partial charge in [0.2, 0.25) is 0 Å². The average Bonchev–Trinajstić information content (AvgIpc) is 2.37. The van der Waals surface area contributed by atoms with Gasteiger partial charge in [0, 0.05) is 13.1 Å². The number of carboxylic acid groups (broad SMARTS) is 1. The molecule has 1 aliphatic heterocycles. The molecule has 1 N–H and O–H groups in total. The van der Waals surface area contributed by atoms with Crippen LogP contribution in [0.5, 0.6) is 0 Å². The predicted molar refractivity (Wildman–Crippen MR) is 78.0 cm³/mol. The number of amides is 1. The molecule has 1 rings (SSSR count). The van der Waals surface area contributed by atoms with Crippen LogP contribution in [0, 0.1) is 5.41 Å². The van der Waals surface area contributed by atoms with E-state index in [1.54, 1.807) is 20.8 Å². The number of likely N-dealkylation sites (tertiary alicyclic amines) is 1. The van der Waals surface area contributed by atoms with E-state index >= 15 is 0 Å². The second-order valence-corrected chi connectivity index (χ2v) is 8.46. The smallest absolute Gasteiger partial charge is 0.481 e. The minimum Gasteiger partial charge on any atom is -0.481 e. The van der Waals surface area contributed by atoms with Crippen LogP contribution in [0.3, 0.4) is 0 Å². The van der Waals surface area contributed by atoms with Crippen molar-refractivity contribution >= 4 is 22.2 Å². The SMILES string of the molecule is CC(C)(C)OC(=O)N1CCC(OS(=O)(=O)C(F)(F)F)C(C)(C(=O)O)C1. The van der Waals surface area contributed by atoms with E-state index in [-0.39, 0.29) is 6.54 Å².